The lowest BCUT2D eigenvalue weighted by molar-refractivity contribution is -0.384. The van der Waals surface area contributed by atoms with E-state index in [1.165, 1.54) is 43.3 Å². The number of hydrogen-bond acceptors (Lipinski definition) is 6. The van der Waals surface area contributed by atoms with Crippen LogP contribution in [0.3, 0.4) is 0 Å². The number of benzene rings is 2. The summed E-state index contributed by atoms with van der Waals surface area (Å²) in [6, 6.07) is 9.31. The molecule has 1 aliphatic carbocycles. The summed E-state index contributed by atoms with van der Waals surface area (Å²) >= 11 is 0. The highest BCUT2D eigenvalue weighted by Crippen LogP contribution is 2.31. The molecule has 0 aliphatic heterocycles. The van der Waals surface area contributed by atoms with Crippen molar-refractivity contribution in [1.29, 1.82) is 0 Å². The van der Waals surface area contributed by atoms with Crippen LogP contribution in [0.1, 0.15) is 30.1 Å². The van der Waals surface area contributed by atoms with Gasteiger partial charge in [0, 0.05) is 17.8 Å². The Morgan fingerprint density at radius 2 is 1.89 bits per heavy atom. The number of nitro benzene ring substituents is 1. The number of nitrogens with zero attached hydrogens (tertiary/aromatic N) is 1. The van der Waals surface area contributed by atoms with E-state index >= 15 is 0 Å². The van der Waals surface area contributed by atoms with Crippen molar-refractivity contribution >= 4 is 28.9 Å². The van der Waals surface area contributed by atoms with Crippen LogP contribution in [0.2, 0.25) is 0 Å². The molecule has 8 nitrogen and oxygen atoms in total. The second kappa shape index (κ2) is 8.03. The van der Waals surface area contributed by atoms with Gasteiger partial charge in [0.25, 0.3) is 11.6 Å². The van der Waals surface area contributed by atoms with Gasteiger partial charge in [-0.15, -0.1) is 0 Å². The van der Waals surface area contributed by atoms with E-state index in [9.17, 15) is 24.1 Å². The van der Waals surface area contributed by atoms with E-state index in [1.807, 2.05) is 0 Å². The van der Waals surface area contributed by atoms with Crippen molar-refractivity contribution in [2.24, 2.45) is 0 Å². The van der Waals surface area contributed by atoms with E-state index in [2.05, 4.69) is 10.6 Å². The zero-order valence-electron chi connectivity index (χ0n) is 15.0. The summed E-state index contributed by atoms with van der Waals surface area (Å²) in [6.07, 6.45) is 0.740. The van der Waals surface area contributed by atoms with Crippen molar-refractivity contribution in [3.05, 3.63) is 64.0 Å². The van der Waals surface area contributed by atoms with Crippen molar-refractivity contribution in [2.75, 3.05) is 10.6 Å². The van der Waals surface area contributed by atoms with Crippen molar-refractivity contribution in [3.63, 3.8) is 0 Å². The van der Waals surface area contributed by atoms with Crippen LogP contribution in [0, 0.1) is 15.9 Å². The maximum absolute atomic E-state index is 12.9. The molecule has 1 atom stereocenters. The molecular formula is C19H18FN3O5. The van der Waals surface area contributed by atoms with Gasteiger partial charge in [-0.1, -0.05) is 0 Å². The third-order valence-corrected chi connectivity index (χ3v) is 4.13. The van der Waals surface area contributed by atoms with E-state index in [1.54, 1.807) is 0 Å². The standard InChI is InChI=1S/C19H18FN3O5/c1-11(18(24)22-15-5-3-13(20)4-6-15)28-19(25)12-2-9-16(21-14-7-8-14)17(10-12)23(26)27/h2-6,9-11,14,21H,7-8H2,1H3,(H,22,24)/t11-/m0/s1. The Morgan fingerprint density at radius 3 is 2.50 bits per heavy atom. The van der Waals surface area contributed by atoms with Gasteiger partial charge in [0.1, 0.15) is 11.5 Å². The lowest BCUT2D eigenvalue weighted by Crippen LogP contribution is -2.30. The SMILES string of the molecule is C[C@H](OC(=O)c1ccc(NC2CC2)c([N+](=O)[O-])c1)C(=O)Nc1ccc(F)cc1. The molecule has 0 saturated heterocycles. The number of esters is 1. The third kappa shape index (κ3) is 4.81. The molecule has 0 bridgehead atoms. The minimum absolute atomic E-state index is 0.0329. The minimum atomic E-state index is -1.15. The van der Waals surface area contributed by atoms with Crippen LogP contribution >= 0.6 is 0 Å². The monoisotopic (exact) mass is 387 g/mol. The van der Waals surface area contributed by atoms with Crippen LogP contribution in [0.25, 0.3) is 0 Å². The first-order chi connectivity index (χ1) is 13.3. The molecule has 1 saturated carbocycles. The average molecular weight is 387 g/mol. The zero-order valence-corrected chi connectivity index (χ0v) is 15.0. The Kier molecular flexibility index (Phi) is 5.53. The fraction of sp³-hybridized carbons (Fsp3) is 0.263. The first-order valence-electron chi connectivity index (χ1n) is 8.66. The molecule has 0 unspecified atom stereocenters. The van der Waals surface area contributed by atoms with Crippen molar-refractivity contribution < 1.29 is 23.6 Å². The predicted octanol–water partition coefficient (Wildman–Crippen LogP) is 3.49. The average Bonchev–Trinajstić information content (AvgIpc) is 3.47. The van der Waals surface area contributed by atoms with Gasteiger partial charge in [0.2, 0.25) is 0 Å². The Morgan fingerprint density at radius 1 is 1.21 bits per heavy atom. The van der Waals surface area contributed by atoms with Crippen LogP contribution in [0.5, 0.6) is 0 Å². The molecule has 1 fully saturated rings. The molecule has 2 N–H and O–H groups in total. The molecule has 3 rings (SSSR count). The summed E-state index contributed by atoms with van der Waals surface area (Å²) in [6.45, 7) is 1.37. The number of rotatable bonds is 7. The number of nitrogens with one attached hydrogen (secondary N) is 2. The fourth-order valence-corrected chi connectivity index (χ4v) is 2.44. The number of nitro groups is 1. The maximum Gasteiger partial charge on any atom is 0.339 e. The molecule has 0 radical (unpaired) electrons. The summed E-state index contributed by atoms with van der Waals surface area (Å²) in [4.78, 5) is 35.1. The maximum atomic E-state index is 12.9. The summed E-state index contributed by atoms with van der Waals surface area (Å²) in [5.41, 5.74) is 0.422. The van der Waals surface area contributed by atoms with Crippen LogP contribution in [-0.4, -0.2) is 28.9 Å². The molecule has 0 spiro atoms. The van der Waals surface area contributed by atoms with Gasteiger partial charge in [-0.2, -0.15) is 0 Å². The van der Waals surface area contributed by atoms with Gasteiger partial charge in [-0.05, 0) is 56.2 Å². The zero-order chi connectivity index (χ0) is 20.3. The van der Waals surface area contributed by atoms with Gasteiger partial charge in [-0.3, -0.25) is 14.9 Å². The number of hydrogen-bond donors (Lipinski definition) is 2. The van der Waals surface area contributed by atoms with E-state index in [0.717, 1.165) is 18.9 Å². The third-order valence-electron chi connectivity index (χ3n) is 4.13. The molecule has 9 heteroatoms. The number of carbonyl (C=O) groups excluding carboxylic acids is 2. The van der Waals surface area contributed by atoms with E-state index < -0.39 is 28.7 Å². The van der Waals surface area contributed by atoms with Crippen LogP contribution in [-0.2, 0) is 9.53 Å². The fourth-order valence-electron chi connectivity index (χ4n) is 2.44. The molecule has 0 heterocycles. The number of anilines is 2. The quantitative estimate of drug-likeness (QED) is 0.427. The normalized spacial score (nSPS) is 14.1. The van der Waals surface area contributed by atoms with Gasteiger partial charge < -0.3 is 15.4 Å². The molecule has 2 aromatic rings. The highest BCUT2D eigenvalue weighted by Gasteiger charge is 2.26. The molecule has 28 heavy (non-hydrogen) atoms. The molecule has 1 aliphatic rings. The summed E-state index contributed by atoms with van der Waals surface area (Å²) < 4.78 is 18.0. The molecule has 146 valence electrons. The predicted molar refractivity (Wildman–Crippen MR) is 99.6 cm³/mol. The largest absolute Gasteiger partial charge is 0.449 e. The summed E-state index contributed by atoms with van der Waals surface area (Å²) in [5, 5.41) is 16.8. The van der Waals surface area contributed by atoms with E-state index in [-0.39, 0.29) is 17.3 Å². The van der Waals surface area contributed by atoms with Gasteiger partial charge >= 0.3 is 5.97 Å². The Balaban J connectivity index is 1.65. The molecule has 1 amide bonds. The molecule has 2 aromatic carbocycles. The van der Waals surface area contributed by atoms with Gasteiger partial charge in [-0.25, -0.2) is 9.18 Å². The number of amides is 1. The van der Waals surface area contributed by atoms with Crippen LogP contribution < -0.4 is 10.6 Å². The van der Waals surface area contributed by atoms with Crippen LogP contribution in [0.15, 0.2) is 42.5 Å². The van der Waals surface area contributed by atoms with Gasteiger partial charge in [0.05, 0.1) is 10.5 Å². The Labute approximate surface area is 159 Å². The highest BCUT2D eigenvalue weighted by atomic mass is 19.1. The van der Waals surface area contributed by atoms with Crippen molar-refractivity contribution in [2.45, 2.75) is 31.9 Å². The Hall–Kier alpha value is -3.49. The number of halogens is 1. The summed E-state index contributed by atoms with van der Waals surface area (Å²) in [7, 11) is 0. The topological polar surface area (TPSA) is 111 Å². The minimum Gasteiger partial charge on any atom is -0.449 e. The second-order valence-electron chi connectivity index (χ2n) is 6.45. The molecule has 0 aromatic heterocycles. The second-order valence-corrected chi connectivity index (χ2v) is 6.45. The lowest BCUT2D eigenvalue weighted by atomic mass is 10.1. The first kappa shape index (κ1) is 19.3. The Bertz CT molecular complexity index is 912. The number of carbonyl (C=O) groups is 2. The molecular weight excluding hydrogens is 369 g/mol. The smallest absolute Gasteiger partial charge is 0.339 e. The van der Waals surface area contributed by atoms with Gasteiger partial charge in [0.15, 0.2) is 6.10 Å². The highest BCUT2D eigenvalue weighted by molar-refractivity contribution is 5.97. The lowest BCUT2D eigenvalue weighted by Gasteiger charge is -2.14. The summed E-state index contributed by atoms with van der Waals surface area (Å²) in [5.74, 6) is -1.91. The van der Waals surface area contributed by atoms with Crippen molar-refractivity contribution in [1.82, 2.24) is 0 Å². The van der Waals surface area contributed by atoms with E-state index in [0.29, 0.717) is 11.4 Å². The van der Waals surface area contributed by atoms with Crippen LogP contribution in [0.4, 0.5) is 21.5 Å². The number of ether oxygens (including phenoxy) is 1. The van der Waals surface area contributed by atoms with E-state index in [4.69, 9.17) is 4.74 Å². The van der Waals surface area contributed by atoms with Crippen molar-refractivity contribution in [3.8, 4) is 0 Å². The first-order valence-corrected chi connectivity index (χ1v) is 8.66.